The van der Waals surface area contributed by atoms with E-state index in [0.29, 0.717) is 11.6 Å². The molecule has 0 spiro atoms. The lowest BCUT2D eigenvalue weighted by Gasteiger charge is -2.26. The van der Waals surface area contributed by atoms with E-state index >= 15 is 0 Å². The van der Waals surface area contributed by atoms with Gasteiger partial charge in [0.25, 0.3) is 10.0 Å². The first-order valence-corrected chi connectivity index (χ1v) is 9.19. The highest BCUT2D eigenvalue weighted by atomic mass is 32.2. The number of aryl methyl sites for hydroxylation is 1. The summed E-state index contributed by atoms with van der Waals surface area (Å²) in [6.07, 6.45) is 6.56. The largest absolute Gasteiger partial charge is 0.341 e. The van der Waals surface area contributed by atoms with E-state index in [9.17, 15) is 8.42 Å². The van der Waals surface area contributed by atoms with Crippen molar-refractivity contribution in [1.82, 2.24) is 9.97 Å². The summed E-state index contributed by atoms with van der Waals surface area (Å²) in [5, 5.41) is 0. The van der Waals surface area contributed by atoms with Crippen LogP contribution in [0.3, 0.4) is 0 Å². The highest BCUT2D eigenvalue weighted by Gasteiger charge is 2.16. The Bertz CT molecular complexity index is 752. The van der Waals surface area contributed by atoms with Crippen molar-refractivity contribution in [2.45, 2.75) is 31.1 Å². The lowest BCUT2D eigenvalue weighted by atomic mass is 10.1. The highest BCUT2D eigenvalue weighted by Crippen LogP contribution is 2.18. The van der Waals surface area contributed by atoms with Crippen LogP contribution in [0.25, 0.3) is 0 Å². The lowest BCUT2D eigenvalue weighted by molar-refractivity contribution is 0.568. The van der Waals surface area contributed by atoms with Crippen LogP contribution in [0.2, 0.25) is 0 Å². The summed E-state index contributed by atoms with van der Waals surface area (Å²) in [7, 11) is -3.61. The van der Waals surface area contributed by atoms with E-state index in [1.807, 2.05) is 6.92 Å². The van der Waals surface area contributed by atoms with Crippen LogP contribution in [-0.2, 0) is 10.0 Å². The van der Waals surface area contributed by atoms with E-state index in [1.165, 1.54) is 18.8 Å². The molecule has 122 valence electrons. The van der Waals surface area contributed by atoms with Gasteiger partial charge >= 0.3 is 0 Å². The molecule has 1 N–H and O–H groups in total. The summed E-state index contributed by atoms with van der Waals surface area (Å²) < 4.78 is 27.2. The minimum Gasteiger partial charge on any atom is -0.341 e. The molecule has 0 amide bonds. The maximum atomic E-state index is 12.3. The summed E-state index contributed by atoms with van der Waals surface area (Å²) in [6.45, 7) is 3.82. The third-order valence-corrected chi connectivity index (χ3v) is 5.26. The summed E-state index contributed by atoms with van der Waals surface area (Å²) in [5.74, 6) is 0.656. The Morgan fingerprint density at radius 2 is 1.61 bits per heavy atom. The quantitative estimate of drug-likeness (QED) is 0.931. The van der Waals surface area contributed by atoms with Crippen molar-refractivity contribution in [2.75, 3.05) is 22.7 Å². The van der Waals surface area contributed by atoms with Gasteiger partial charge in [-0.15, -0.1) is 0 Å². The first kappa shape index (κ1) is 15.7. The molecule has 7 heteroatoms. The molecule has 0 saturated carbocycles. The second-order valence-electron chi connectivity index (χ2n) is 5.74. The summed E-state index contributed by atoms with van der Waals surface area (Å²) in [4.78, 5) is 10.9. The van der Waals surface area contributed by atoms with Crippen molar-refractivity contribution in [1.29, 1.82) is 0 Å². The monoisotopic (exact) mass is 332 g/mol. The number of sulfonamides is 1. The maximum Gasteiger partial charge on any atom is 0.261 e. The first-order valence-electron chi connectivity index (χ1n) is 7.71. The molecule has 1 aromatic carbocycles. The van der Waals surface area contributed by atoms with Crippen molar-refractivity contribution in [3.63, 3.8) is 0 Å². The zero-order valence-corrected chi connectivity index (χ0v) is 13.9. The normalized spacial score (nSPS) is 15.4. The molecule has 1 aromatic heterocycles. The average molecular weight is 332 g/mol. The Morgan fingerprint density at radius 1 is 1.00 bits per heavy atom. The Kier molecular flexibility index (Phi) is 4.47. The van der Waals surface area contributed by atoms with Gasteiger partial charge in [-0.1, -0.05) is 17.7 Å². The fraction of sp³-hybridized carbons (Fsp3) is 0.375. The van der Waals surface area contributed by atoms with E-state index in [4.69, 9.17) is 0 Å². The van der Waals surface area contributed by atoms with Gasteiger partial charge in [0.2, 0.25) is 5.95 Å². The molecular formula is C16H20N4O2S. The molecule has 1 aliphatic heterocycles. The molecule has 0 atom stereocenters. The summed E-state index contributed by atoms with van der Waals surface area (Å²) in [5.41, 5.74) is 1.38. The van der Waals surface area contributed by atoms with Gasteiger partial charge in [-0.25, -0.2) is 18.4 Å². The van der Waals surface area contributed by atoms with Crippen LogP contribution < -0.4 is 9.62 Å². The Balaban J connectivity index is 1.73. The zero-order valence-electron chi connectivity index (χ0n) is 13.1. The van der Waals surface area contributed by atoms with Gasteiger partial charge in [-0.3, -0.25) is 4.72 Å². The topological polar surface area (TPSA) is 75.2 Å². The van der Waals surface area contributed by atoms with Crippen LogP contribution in [0.1, 0.15) is 24.8 Å². The van der Waals surface area contributed by atoms with Crippen molar-refractivity contribution < 1.29 is 8.42 Å². The van der Waals surface area contributed by atoms with Crippen molar-refractivity contribution in [3.8, 4) is 0 Å². The summed E-state index contributed by atoms with van der Waals surface area (Å²) in [6, 6.07) is 6.70. The number of nitrogens with zero attached hydrogens (tertiary/aromatic N) is 3. The Labute approximate surface area is 136 Å². The SMILES string of the molecule is Cc1ccc(S(=O)(=O)Nc2cnc(N3CCCCC3)nc2)cc1. The third kappa shape index (κ3) is 3.79. The van der Waals surface area contributed by atoms with Crippen molar-refractivity contribution in [2.24, 2.45) is 0 Å². The minimum absolute atomic E-state index is 0.225. The average Bonchev–Trinajstić information content (AvgIpc) is 2.56. The van der Waals surface area contributed by atoms with Gasteiger partial charge in [-0.05, 0) is 38.3 Å². The molecule has 0 radical (unpaired) electrons. The zero-order chi connectivity index (χ0) is 16.3. The smallest absolute Gasteiger partial charge is 0.261 e. The molecule has 23 heavy (non-hydrogen) atoms. The Hall–Kier alpha value is -2.15. The van der Waals surface area contributed by atoms with Gasteiger partial charge in [-0.2, -0.15) is 0 Å². The van der Waals surface area contributed by atoms with E-state index < -0.39 is 10.0 Å². The lowest BCUT2D eigenvalue weighted by Crippen LogP contribution is -2.30. The van der Waals surface area contributed by atoms with Crippen LogP contribution in [0.5, 0.6) is 0 Å². The van der Waals surface area contributed by atoms with E-state index in [2.05, 4.69) is 19.6 Å². The molecule has 2 aromatic rings. The number of hydrogen-bond donors (Lipinski definition) is 1. The van der Waals surface area contributed by atoms with Gasteiger partial charge < -0.3 is 4.90 Å². The molecular weight excluding hydrogens is 312 g/mol. The molecule has 2 heterocycles. The number of hydrogen-bond acceptors (Lipinski definition) is 5. The third-order valence-electron chi connectivity index (χ3n) is 3.86. The fourth-order valence-electron chi connectivity index (χ4n) is 2.56. The molecule has 0 aliphatic carbocycles. The second-order valence-corrected chi connectivity index (χ2v) is 7.42. The minimum atomic E-state index is -3.61. The standard InChI is InChI=1S/C16H20N4O2S/c1-13-5-7-15(8-6-13)23(21,22)19-14-11-17-16(18-12-14)20-9-3-2-4-10-20/h5-8,11-12,19H,2-4,9-10H2,1H3. The van der Waals surface area contributed by atoms with Gasteiger partial charge in [0.1, 0.15) is 0 Å². The van der Waals surface area contributed by atoms with Crippen LogP contribution >= 0.6 is 0 Å². The predicted molar refractivity (Wildman–Crippen MR) is 90.1 cm³/mol. The van der Waals surface area contributed by atoms with Gasteiger partial charge in [0.15, 0.2) is 0 Å². The molecule has 1 aliphatic rings. The molecule has 1 fully saturated rings. The van der Waals surface area contributed by atoms with Gasteiger partial charge in [0, 0.05) is 13.1 Å². The number of piperidine rings is 1. The predicted octanol–water partition coefficient (Wildman–Crippen LogP) is 2.58. The van der Waals surface area contributed by atoms with E-state index in [0.717, 1.165) is 31.5 Å². The van der Waals surface area contributed by atoms with Crippen LogP contribution in [-0.4, -0.2) is 31.5 Å². The van der Waals surface area contributed by atoms with Crippen LogP contribution in [0.4, 0.5) is 11.6 Å². The van der Waals surface area contributed by atoms with Crippen molar-refractivity contribution >= 4 is 21.7 Å². The molecule has 0 bridgehead atoms. The number of nitrogens with one attached hydrogen (secondary N) is 1. The van der Waals surface area contributed by atoms with Crippen LogP contribution in [0.15, 0.2) is 41.6 Å². The van der Waals surface area contributed by atoms with Crippen molar-refractivity contribution in [3.05, 3.63) is 42.2 Å². The number of aromatic nitrogens is 2. The fourth-order valence-corrected chi connectivity index (χ4v) is 3.59. The van der Waals surface area contributed by atoms with Crippen LogP contribution in [0, 0.1) is 6.92 Å². The van der Waals surface area contributed by atoms with Gasteiger partial charge in [0.05, 0.1) is 23.0 Å². The maximum absolute atomic E-state index is 12.3. The van der Waals surface area contributed by atoms with E-state index in [-0.39, 0.29) is 4.90 Å². The number of benzene rings is 1. The van der Waals surface area contributed by atoms with E-state index in [1.54, 1.807) is 24.3 Å². The first-order chi connectivity index (χ1) is 11.0. The molecule has 6 nitrogen and oxygen atoms in total. The second kappa shape index (κ2) is 6.54. The summed E-state index contributed by atoms with van der Waals surface area (Å²) >= 11 is 0. The molecule has 3 rings (SSSR count). The highest BCUT2D eigenvalue weighted by molar-refractivity contribution is 7.92. The molecule has 0 unspecified atom stereocenters. The number of rotatable bonds is 4. The number of anilines is 2. The Morgan fingerprint density at radius 3 is 2.22 bits per heavy atom. The molecule has 1 saturated heterocycles.